The van der Waals surface area contributed by atoms with Crippen LogP contribution in [0.3, 0.4) is 0 Å². The van der Waals surface area contributed by atoms with Crippen LogP contribution < -0.4 is 15.4 Å². The van der Waals surface area contributed by atoms with Gasteiger partial charge in [-0.25, -0.2) is 8.78 Å². The molecule has 7 heteroatoms. The van der Waals surface area contributed by atoms with E-state index in [9.17, 15) is 13.6 Å². The number of aromatic amines is 1. The first-order valence-corrected chi connectivity index (χ1v) is 10.2. The van der Waals surface area contributed by atoms with Crippen LogP contribution in [0.2, 0.25) is 0 Å². The Balaban J connectivity index is 1.30. The summed E-state index contributed by atoms with van der Waals surface area (Å²) in [5.41, 5.74) is 3.12. The topological polar surface area (TPSA) is 66.2 Å². The Morgan fingerprint density at radius 3 is 2.93 bits per heavy atom. The largest absolute Gasteiger partial charge is 0.489 e. The van der Waals surface area contributed by atoms with Gasteiger partial charge in [-0.05, 0) is 68.1 Å². The molecule has 0 saturated heterocycles. The van der Waals surface area contributed by atoms with Gasteiger partial charge >= 0.3 is 0 Å². The number of unbranched alkanes of at least 4 members (excludes halogenated alkanes) is 1. The van der Waals surface area contributed by atoms with E-state index in [0.29, 0.717) is 24.2 Å². The molecule has 1 amide bonds. The number of halogens is 2. The average Bonchev–Trinajstić information content (AvgIpc) is 3.15. The Kier molecular flexibility index (Phi) is 5.99. The van der Waals surface area contributed by atoms with Crippen LogP contribution in [-0.2, 0) is 12.8 Å². The summed E-state index contributed by atoms with van der Waals surface area (Å²) in [6.45, 7) is 1.15. The van der Waals surface area contributed by atoms with E-state index in [4.69, 9.17) is 4.74 Å². The lowest BCUT2D eigenvalue weighted by molar-refractivity contribution is 0.0960. The highest BCUT2D eigenvalue weighted by Gasteiger charge is 2.26. The molecule has 0 saturated carbocycles. The van der Waals surface area contributed by atoms with Crippen molar-refractivity contribution < 1.29 is 18.3 Å². The van der Waals surface area contributed by atoms with E-state index < -0.39 is 5.82 Å². The zero-order valence-corrected chi connectivity index (χ0v) is 16.9. The zero-order chi connectivity index (χ0) is 21.1. The first kappa shape index (κ1) is 20.3. The number of rotatable bonds is 7. The van der Waals surface area contributed by atoms with Gasteiger partial charge in [0.15, 0.2) is 11.6 Å². The summed E-state index contributed by atoms with van der Waals surface area (Å²) in [5, 5.41) is 6.97. The fraction of sp³-hybridized carbons (Fsp3) is 0.348. The van der Waals surface area contributed by atoms with Gasteiger partial charge < -0.3 is 20.4 Å². The van der Waals surface area contributed by atoms with Crippen molar-refractivity contribution in [3.05, 3.63) is 64.9 Å². The number of benzene rings is 2. The van der Waals surface area contributed by atoms with Crippen molar-refractivity contribution in [2.45, 2.75) is 31.7 Å². The van der Waals surface area contributed by atoms with Crippen molar-refractivity contribution in [2.24, 2.45) is 0 Å². The highest BCUT2D eigenvalue weighted by molar-refractivity contribution is 5.96. The third-order valence-corrected chi connectivity index (χ3v) is 5.60. The van der Waals surface area contributed by atoms with Gasteiger partial charge in [-0.1, -0.05) is 0 Å². The molecule has 1 aromatic heterocycles. The maximum Gasteiger partial charge on any atom is 0.251 e. The van der Waals surface area contributed by atoms with Crippen molar-refractivity contribution in [1.82, 2.24) is 15.6 Å². The molecule has 0 bridgehead atoms. The summed E-state index contributed by atoms with van der Waals surface area (Å²) in [7, 11) is 1.56. The Bertz CT molecular complexity index is 1060. The molecular formula is C23H25F2N3O2. The number of H-pyrrole nitrogens is 1. The van der Waals surface area contributed by atoms with Crippen molar-refractivity contribution in [1.29, 1.82) is 0 Å². The van der Waals surface area contributed by atoms with Crippen LogP contribution >= 0.6 is 0 Å². The molecular weight excluding hydrogens is 388 g/mol. The number of carbonyl (C=O) groups excluding carboxylic acids is 1. The fourth-order valence-corrected chi connectivity index (χ4v) is 4.03. The minimum Gasteiger partial charge on any atom is -0.489 e. The van der Waals surface area contributed by atoms with Crippen molar-refractivity contribution in [3.8, 4) is 5.75 Å². The quantitative estimate of drug-likeness (QED) is 0.517. The number of carbonyl (C=O) groups is 1. The molecule has 4 rings (SSSR count). The van der Waals surface area contributed by atoms with Crippen molar-refractivity contribution in [3.63, 3.8) is 0 Å². The molecule has 2 heterocycles. The predicted octanol–water partition coefficient (Wildman–Crippen LogP) is 3.72. The summed E-state index contributed by atoms with van der Waals surface area (Å²) in [6.07, 6.45) is 5.24. The Morgan fingerprint density at radius 2 is 2.10 bits per heavy atom. The van der Waals surface area contributed by atoms with E-state index in [1.165, 1.54) is 18.2 Å². The van der Waals surface area contributed by atoms with Gasteiger partial charge in [-0.15, -0.1) is 0 Å². The number of fused-ring (bicyclic) bond motifs is 2. The molecule has 1 atom stereocenters. The van der Waals surface area contributed by atoms with E-state index >= 15 is 0 Å². The normalized spacial score (nSPS) is 15.6. The smallest absolute Gasteiger partial charge is 0.251 e. The molecule has 1 unspecified atom stereocenters. The van der Waals surface area contributed by atoms with Gasteiger partial charge in [0.2, 0.25) is 0 Å². The summed E-state index contributed by atoms with van der Waals surface area (Å²) in [6, 6.07) is 7.57. The second-order valence-corrected chi connectivity index (χ2v) is 7.61. The van der Waals surface area contributed by atoms with Crippen molar-refractivity contribution >= 4 is 16.8 Å². The molecule has 0 radical (unpaired) electrons. The summed E-state index contributed by atoms with van der Waals surface area (Å²) in [4.78, 5) is 15.3. The first-order valence-electron chi connectivity index (χ1n) is 10.2. The number of aryl methyl sites for hydroxylation is 1. The molecule has 1 aliphatic rings. The standard InChI is InChI=1S/C23H25F2N3O2/c1-26-23(29)17-6-7-20(25)22-19(17)11-16(13-30-22)27-9-3-2-4-14-12-28-21-8-5-15(24)10-18(14)21/h5-8,10,12,16,27-28H,2-4,9,11,13H2,1H3,(H,26,29). The Hall–Kier alpha value is -2.93. The lowest BCUT2D eigenvalue weighted by atomic mass is 9.96. The number of ether oxygens (including phenoxy) is 1. The molecule has 3 N–H and O–H groups in total. The third-order valence-electron chi connectivity index (χ3n) is 5.60. The summed E-state index contributed by atoms with van der Waals surface area (Å²) < 4.78 is 33.2. The zero-order valence-electron chi connectivity index (χ0n) is 16.9. The van der Waals surface area contributed by atoms with Gasteiger partial charge in [-0.3, -0.25) is 4.79 Å². The van der Waals surface area contributed by atoms with E-state index in [-0.39, 0.29) is 23.5 Å². The predicted molar refractivity (Wildman–Crippen MR) is 112 cm³/mol. The van der Waals surface area contributed by atoms with Gasteiger partial charge in [0.1, 0.15) is 12.4 Å². The Labute approximate surface area is 173 Å². The van der Waals surface area contributed by atoms with Crippen LogP contribution in [0.4, 0.5) is 8.78 Å². The number of nitrogens with one attached hydrogen (secondary N) is 3. The second-order valence-electron chi connectivity index (χ2n) is 7.61. The van der Waals surface area contributed by atoms with E-state index in [1.807, 2.05) is 6.20 Å². The number of aromatic nitrogens is 1. The van der Waals surface area contributed by atoms with Crippen molar-refractivity contribution in [2.75, 3.05) is 20.2 Å². The first-order chi connectivity index (χ1) is 14.6. The Morgan fingerprint density at radius 1 is 1.23 bits per heavy atom. The SMILES string of the molecule is CNC(=O)c1ccc(F)c2c1CC(NCCCCc1c[nH]c3ccc(F)cc13)CO2. The van der Waals surface area contributed by atoms with Gasteiger partial charge in [0.25, 0.3) is 5.91 Å². The van der Waals surface area contributed by atoms with E-state index in [2.05, 4.69) is 15.6 Å². The highest BCUT2D eigenvalue weighted by Crippen LogP contribution is 2.31. The lowest BCUT2D eigenvalue weighted by Crippen LogP contribution is -2.41. The summed E-state index contributed by atoms with van der Waals surface area (Å²) in [5.74, 6) is -0.729. The third kappa shape index (κ3) is 4.16. The monoisotopic (exact) mass is 413 g/mol. The number of hydrogen-bond donors (Lipinski definition) is 3. The van der Waals surface area contributed by atoms with Gasteiger partial charge in [-0.2, -0.15) is 0 Å². The minimum absolute atomic E-state index is 0.0184. The van der Waals surface area contributed by atoms with Crippen LogP contribution in [0.15, 0.2) is 36.5 Å². The van der Waals surface area contributed by atoms with E-state index in [0.717, 1.165) is 42.3 Å². The molecule has 0 aliphatic carbocycles. The molecule has 3 aromatic rings. The maximum absolute atomic E-state index is 14.1. The molecule has 158 valence electrons. The van der Waals surface area contributed by atoms with Gasteiger partial charge in [0.05, 0.1) is 0 Å². The van der Waals surface area contributed by atoms with Crippen LogP contribution in [0.1, 0.15) is 34.3 Å². The summed E-state index contributed by atoms with van der Waals surface area (Å²) >= 11 is 0. The van der Waals surface area contributed by atoms with Crippen LogP contribution in [0, 0.1) is 11.6 Å². The minimum atomic E-state index is -0.439. The van der Waals surface area contributed by atoms with Crippen LogP contribution in [0.5, 0.6) is 5.75 Å². The molecule has 5 nitrogen and oxygen atoms in total. The molecule has 30 heavy (non-hydrogen) atoms. The van der Waals surface area contributed by atoms with Gasteiger partial charge in [0, 0.05) is 41.3 Å². The lowest BCUT2D eigenvalue weighted by Gasteiger charge is -2.28. The molecule has 0 fully saturated rings. The fourth-order valence-electron chi connectivity index (χ4n) is 4.03. The molecule has 2 aromatic carbocycles. The molecule has 1 aliphatic heterocycles. The maximum atomic E-state index is 14.1. The second kappa shape index (κ2) is 8.83. The van der Waals surface area contributed by atoms with Crippen LogP contribution in [0.25, 0.3) is 10.9 Å². The number of hydrogen-bond acceptors (Lipinski definition) is 3. The average molecular weight is 413 g/mol. The molecule has 0 spiro atoms. The highest BCUT2D eigenvalue weighted by atomic mass is 19.1. The number of amides is 1. The van der Waals surface area contributed by atoms with Crippen LogP contribution in [-0.4, -0.2) is 37.1 Å². The van der Waals surface area contributed by atoms with E-state index in [1.54, 1.807) is 19.2 Å².